The van der Waals surface area contributed by atoms with Gasteiger partial charge < -0.3 is 4.74 Å². The summed E-state index contributed by atoms with van der Waals surface area (Å²) in [5.74, 6) is -0.506. The zero-order valence-corrected chi connectivity index (χ0v) is 15.3. The molecule has 134 valence electrons. The highest BCUT2D eigenvalue weighted by Gasteiger charge is 2.27. The van der Waals surface area contributed by atoms with E-state index in [0.717, 1.165) is 23.1 Å². The monoisotopic (exact) mass is 370 g/mol. The number of aromatic nitrogens is 1. The van der Waals surface area contributed by atoms with Crippen molar-refractivity contribution in [2.75, 3.05) is 18.1 Å². The summed E-state index contributed by atoms with van der Waals surface area (Å²) < 4.78 is 20.5. The number of ether oxygens (including phenoxy) is 1. The molecular formula is C20H19FN2O2S. The molecule has 0 bridgehead atoms. The van der Waals surface area contributed by atoms with Crippen LogP contribution in [0, 0.1) is 12.7 Å². The van der Waals surface area contributed by atoms with Crippen LogP contribution in [0.5, 0.6) is 0 Å². The smallest absolute Gasteiger partial charge is 0.260 e. The number of para-hydroxylation sites is 1. The number of halogens is 1. The zero-order valence-electron chi connectivity index (χ0n) is 14.4. The Morgan fingerprint density at radius 3 is 2.92 bits per heavy atom. The van der Waals surface area contributed by atoms with Crippen molar-refractivity contribution in [3.63, 3.8) is 0 Å². The summed E-state index contributed by atoms with van der Waals surface area (Å²) >= 11 is 1.33. The number of aryl methyl sites for hydroxylation is 1. The SMILES string of the molecule is Cc1cccc(C(=O)N(CC2CCCO2)c2nc3c(F)cccc3s2)c1. The topological polar surface area (TPSA) is 42.4 Å². The molecule has 1 amide bonds. The van der Waals surface area contributed by atoms with Crippen LogP contribution in [0.1, 0.15) is 28.8 Å². The molecule has 0 spiro atoms. The predicted octanol–water partition coefficient (Wildman–Crippen LogP) is 4.57. The lowest BCUT2D eigenvalue weighted by atomic mass is 10.1. The number of amides is 1. The predicted molar refractivity (Wildman–Crippen MR) is 101 cm³/mol. The molecule has 1 aliphatic heterocycles. The van der Waals surface area contributed by atoms with Gasteiger partial charge in [-0.3, -0.25) is 9.69 Å². The zero-order chi connectivity index (χ0) is 18.1. The molecule has 3 aromatic rings. The third-order valence-electron chi connectivity index (χ3n) is 4.51. The third kappa shape index (κ3) is 3.34. The van der Waals surface area contributed by atoms with Gasteiger partial charge in [-0.1, -0.05) is 35.1 Å². The van der Waals surface area contributed by atoms with Crippen molar-refractivity contribution in [2.24, 2.45) is 0 Å². The van der Waals surface area contributed by atoms with Gasteiger partial charge in [0.1, 0.15) is 11.3 Å². The summed E-state index contributed by atoms with van der Waals surface area (Å²) in [5.41, 5.74) is 1.92. The number of carbonyl (C=O) groups is 1. The van der Waals surface area contributed by atoms with E-state index in [1.54, 1.807) is 17.0 Å². The lowest BCUT2D eigenvalue weighted by Gasteiger charge is -2.23. The standard InChI is InChI=1S/C20H19FN2O2S/c1-13-5-2-6-14(11-13)19(24)23(12-15-7-4-10-25-15)20-22-18-16(21)8-3-9-17(18)26-20/h2-3,5-6,8-9,11,15H,4,7,10,12H2,1H3. The average Bonchev–Trinajstić information content (AvgIpc) is 3.29. The number of thiazole rings is 1. The number of benzene rings is 2. The number of nitrogens with zero attached hydrogens (tertiary/aromatic N) is 2. The average molecular weight is 370 g/mol. The van der Waals surface area contributed by atoms with Crippen LogP contribution >= 0.6 is 11.3 Å². The van der Waals surface area contributed by atoms with Crippen LogP contribution in [0.25, 0.3) is 10.2 Å². The molecule has 1 saturated heterocycles. The van der Waals surface area contributed by atoms with E-state index in [2.05, 4.69) is 4.98 Å². The van der Waals surface area contributed by atoms with Crippen molar-refractivity contribution in [1.82, 2.24) is 4.98 Å². The van der Waals surface area contributed by atoms with E-state index in [0.29, 0.717) is 29.4 Å². The van der Waals surface area contributed by atoms with Crippen molar-refractivity contribution < 1.29 is 13.9 Å². The van der Waals surface area contributed by atoms with Crippen LogP contribution in [0.15, 0.2) is 42.5 Å². The van der Waals surface area contributed by atoms with Gasteiger partial charge in [-0.15, -0.1) is 0 Å². The Balaban J connectivity index is 1.73. The number of hydrogen-bond donors (Lipinski definition) is 0. The maximum absolute atomic E-state index is 14.1. The molecule has 0 aliphatic carbocycles. The number of fused-ring (bicyclic) bond motifs is 1. The number of rotatable bonds is 4. The molecule has 2 aromatic carbocycles. The fourth-order valence-electron chi connectivity index (χ4n) is 3.19. The van der Waals surface area contributed by atoms with E-state index in [9.17, 15) is 9.18 Å². The van der Waals surface area contributed by atoms with Gasteiger partial charge in [0, 0.05) is 12.2 Å². The van der Waals surface area contributed by atoms with Crippen molar-refractivity contribution in [1.29, 1.82) is 0 Å². The minimum absolute atomic E-state index is 0.0133. The van der Waals surface area contributed by atoms with E-state index in [1.165, 1.54) is 17.4 Å². The molecule has 26 heavy (non-hydrogen) atoms. The molecule has 0 radical (unpaired) electrons. The first-order valence-electron chi connectivity index (χ1n) is 8.67. The van der Waals surface area contributed by atoms with Crippen molar-refractivity contribution in [2.45, 2.75) is 25.9 Å². The molecule has 1 aliphatic rings. The minimum atomic E-state index is -0.370. The minimum Gasteiger partial charge on any atom is -0.376 e. The Morgan fingerprint density at radius 2 is 2.19 bits per heavy atom. The van der Waals surface area contributed by atoms with E-state index >= 15 is 0 Å². The molecule has 1 atom stereocenters. The largest absolute Gasteiger partial charge is 0.376 e. The fourth-order valence-corrected chi connectivity index (χ4v) is 4.18. The van der Waals surface area contributed by atoms with Crippen molar-refractivity contribution in [3.05, 3.63) is 59.4 Å². The molecule has 4 rings (SSSR count). The molecule has 1 unspecified atom stereocenters. The van der Waals surface area contributed by atoms with Gasteiger partial charge in [0.25, 0.3) is 5.91 Å². The van der Waals surface area contributed by atoms with Crippen molar-refractivity contribution >= 4 is 32.6 Å². The Bertz CT molecular complexity index is 950. The Hall–Kier alpha value is -2.31. The van der Waals surface area contributed by atoms with Crippen molar-refractivity contribution in [3.8, 4) is 0 Å². The second-order valence-electron chi connectivity index (χ2n) is 6.50. The van der Waals surface area contributed by atoms with E-state index < -0.39 is 0 Å². The quantitative estimate of drug-likeness (QED) is 0.676. The summed E-state index contributed by atoms with van der Waals surface area (Å²) in [7, 11) is 0. The summed E-state index contributed by atoms with van der Waals surface area (Å²) in [6.45, 7) is 3.09. The maximum Gasteiger partial charge on any atom is 0.260 e. The first-order valence-corrected chi connectivity index (χ1v) is 9.48. The van der Waals surface area contributed by atoms with Crippen LogP contribution in [0.4, 0.5) is 9.52 Å². The van der Waals surface area contributed by atoms with Crippen LogP contribution in [-0.4, -0.2) is 30.1 Å². The van der Waals surface area contributed by atoms with Crippen LogP contribution < -0.4 is 4.90 Å². The van der Waals surface area contributed by atoms with Gasteiger partial charge in [-0.05, 0) is 44.0 Å². The first-order chi connectivity index (χ1) is 12.6. The van der Waals surface area contributed by atoms with Gasteiger partial charge in [0.05, 0.1) is 17.3 Å². The summed E-state index contributed by atoms with van der Waals surface area (Å²) in [4.78, 5) is 19.2. The van der Waals surface area contributed by atoms with Crippen LogP contribution in [0.2, 0.25) is 0 Å². The fraction of sp³-hybridized carbons (Fsp3) is 0.300. The molecule has 1 aromatic heterocycles. The lowest BCUT2D eigenvalue weighted by molar-refractivity contribution is 0.0917. The molecule has 4 nitrogen and oxygen atoms in total. The maximum atomic E-state index is 14.1. The second kappa shape index (κ2) is 7.13. The van der Waals surface area contributed by atoms with Crippen LogP contribution in [-0.2, 0) is 4.74 Å². The van der Waals surface area contributed by atoms with E-state index in [-0.39, 0.29) is 17.8 Å². The Kier molecular flexibility index (Phi) is 4.70. The van der Waals surface area contributed by atoms with E-state index in [4.69, 9.17) is 4.74 Å². The van der Waals surface area contributed by atoms with Gasteiger partial charge in [-0.25, -0.2) is 9.37 Å². The highest BCUT2D eigenvalue weighted by Crippen LogP contribution is 2.32. The molecule has 6 heteroatoms. The van der Waals surface area contributed by atoms with Gasteiger partial charge in [0.2, 0.25) is 0 Å². The molecule has 0 saturated carbocycles. The van der Waals surface area contributed by atoms with Gasteiger partial charge in [-0.2, -0.15) is 0 Å². The van der Waals surface area contributed by atoms with Crippen LogP contribution in [0.3, 0.4) is 0 Å². The highest BCUT2D eigenvalue weighted by atomic mass is 32.1. The molecule has 2 heterocycles. The Morgan fingerprint density at radius 1 is 1.35 bits per heavy atom. The normalized spacial score (nSPS) is 16.9. The first kappa shape index (κ1) is 17.1. The molecular weight excluding hydrogens is 351 g/mol. The van der Waals surface area contributed by atoms with Gasteiger partial charge >= 0.3 is 0 Å². The lowest BCUT2D eigenvalue weighted by Crippen LogP contribution is -2.37. The number of anilines is 1. The third-order valence-corrected chi connectivity index (χ3v) is 5.55. The highest BCUT2D eigenvalue weighted by molar-refractivity contribution is 7.22. The Labute approximate surface area is 155 Å². The second-order valence-corrected chi connectivity index (χ2v) is 7.51. The number of hydrogen-bond acceptors (Lipinski definition) is 4. The molecule has 0 N–H and O–H groups in total. The number of carbonyl (C=O) groups excluding carboxylic acids is 1. The van der Waals surface area contributed by atoms with E-state index in [1.807, 2.05) is 31.2 Å². The summed E-state index contributed by atoms with van der Waals surface area (Å²) in [6.07, 6.45) is 1.89. The van der Waals surface area contributed by atoms with Gasteiger partial charge in [0.15, 0.2) is 5.13 Å². The summed E-state index contributed by atoms with van der Waals surface area (Å²) in [6, 6.07) is 12.3. The summed E-state index contributed by atoms with van der Waals surface area (Å²) in [5, 5.41) is 0.507. The molecule has 1 fully saturated rings.